The summed E-state index contributed by atoms with van der Waals surface area (Å²) in [6, 6.07) is 18.9. The van der Waals surface area contributed by atoms with Crippen LogP contribution in [0.3, 0.4) is 0 Å². The highest BCUT2D eigenvalue weighted by Crippen LogP contribution is 2.24. The lowest BCUT2D eigenvalue weighted by Crippen LogP contribution is -2.16. The minimum Gasteiger partial charge on any atom is -0.491 e. The molecule has 0 unspecified atom stereocenters. The van der Waals surface area contributed by atoms with Crippen molar-refractivity contribution in [1.29, 1.82) is 0 Å². The van der Waals surface area contributed by atoms with E-state index in [9.17, 15) is 4.79 Å². The number of carbonyl (C=O) groups is 1. The van der Waals surface area contributed by atoms with Gasteiger partial charge in [-0.2, -0.15) is 5.10 Å². The Morgan fingerprint density at radius 3 is 2.43 bits per heavy atom. The van der Waals surface area contributed by atoms with E-state index in [1.807, 2.05) is 67.6 Å². The summed E-state index contributed by atoms with van der Waals surface area (Å²) < 4.78 is 17.7. The molecule has 0 fully saturated rings. The molecule has 1 aromatic heterocycles. The fraction of sp³-hybridized carbons (Fsp3) is 0.238. The van der Waals surface area contributed by atoms with Crippen molar-refractivity contribution >= 4 is 17.6 Å². The number of aromatic nitrogens is 2. The van der Waals surface area contributed by atoms with Gasteiger partial charge in [-0.05, 0) is 31.2 Å². The van der Waals surface area contributed by atoms with E-state index >= 15 is 0 Å². The highest BCUT2D eigenvalue weighted by atomic mass is 35.5. The summed E-state index contributed by atoms with van der Waals surface area (Å²) in [7, 11) is 0. The molecule has 28 heavy (non-hydrogen) atoms. The van der Waals surface area contributed by atoms with Gasteiger partial charge in [0.25, 0.3) is 0 Å². The second kappa shape index (κ2) is 9.92. The van der Waals surface area contributed by atoms with Gasteiger partial charge < -0.3 is 14.2 Å². The molecule has 0 N–H and O–H groups in total. The molecule has 0 atom stereocenters. The Morgan fingerprint density at radius 1 is 1.04 bits per heavy atom. The van der Waals surface area contributed by atoms with Crippen molar-refractivity contribution in [1.82, 2.24) is 9.78 Å². The Labute approximate surface area is 168 Å². The van der Waals surface area contributed by atoms with E-state index in [1.54, 1.807) is 4.68 Å². The van der Waals surface area contributed by atoms with Crippen LogP contribution in [0.5, 0.6) is 5.75 Å². The number of ether oxygens (including phenoxy) is 3. The fourth-order valence-corrected chi connectivity index (χ4v) is 2.85. The maximum Gasteiger partial charge on any atom is 0.332 e. The van der Waals surface area contributed by atoms with Crippen molar-refractivity contribution in [2.24, 2.45) is 0 Å². The molecule has 0 aliphatic heterocycles. The zero-order valence-electron chi connectivity index (χ0n) is 15.5. The lowest BCUT2D eigenvalue weighted by molar-refractivity contribution is -0.150. The van der Waals surface area contributed by atoms with Gasteiger partial charge in [-0.3, -0.25) is 0 Å². The highest BCUT2D eigenvalue weighted by Gasteiger charge is 2.16. The molecule has 0 spiro atoms. The predicted octanol–water partition coefficient (Wildman–Crippen LogP) is 3.97. The van der Waals surface area contributed by atoms with E-state index in [4.69, 9.17) is 25.8 Å². The number of esters is 1. The summed E-state index contributed by atoms with van der Waals surface area (Å²) in [6.07, 6.45) is 0. The number of para-hydroxylation sites is 2. The summed E-state index contributed by atoms with van der Waals surface area (Å²) in [6.45, 7) is 2.36. The first-order valence-corrected chi connectivity index (χ1v) is 9.23. The molecule has 1 heterocycles. The fourth-order valence-electron chi connectivity index (χ4n) is 2.52. The lowest BCUT2D eigenvalue weighted by atomic mass is 10.3. The van der Waals surface area contributed by atoms with Crippen LogP contribution in [0.25, 0.3) is 5.69 Å². The monoisotopic (exact) mass is 400 g/mol. The Hall–Kier alpha value is -2.83. The molecule has 0 saturated carbocycles. The van der Waals surface area contributed by atoms with Crippen LogP contribution in [0.15, 0.2) is 60.7 Å². The quantitative estimate of drug-likeness (QED) is 0.401. The summed E-state index contributed by atoms with van der Waals surface area (Å²) >= 11 is 6.41. The van der Waals surface area contributed by atoms with Crippen LogP contribution in [-0.4, -0.2) is 35.6 Å². The Morgan fingerprint density at radius 2 is 1.71 bits per heavy atom. The van der Waals surface area contributed by atoms with Crippen LogP contribution in [0, 0.1) is 6.92 Å². The largest absolute Gasteiger partial charge is 0.491 e. The van der Waals surface area contributed by atoms with Crippen LogP contribution >= 0.6 is 11.6 Å². The molecular weight excluding hydrogens is 380 g/mol. The maximum absolute atomic E-state index is 11.9. The van der Waals surface area contributed by atoms with E-state index < -0.39 is 5.97 Å². The lowest BCUT2D eigenvalue weighted by Gasteiger charge is -2.08. The third kappa shape index (κ3) is 5.34. The number of rotatable bonds is 9. The predicted molar refractivity (Wildman–Crippen MR) is 106 cm³/mol. The zero-order chi connectivity index (χ0) is 19.8. The Balaban J connectivity index is 1.43. The minimum absolute atomic E-state index is 0.0419. The SMILES string of the molecule is Cc1nn(-c2ccccc2)c(Cl)c1COC(=O)COCCOc1ccccc1. The third-order valence-corrected chi connectivity index (χ3v) is 4.35. The van der Waals surface area contributed by atoms with E-state index in [1.165, 1.54) is 0 Å². The van der Waals surface area contributed by atoms with Crippen LogP contribution in [-0.2, 0) is 20.9 Å². The molecule has 3 rings (SSSR count). The number of hydrogen-bond acceptors (Lipinski definition) is 5. The van der Waals surface area contributed by atoms with Gasteiger partial charge in [0.05, 0.1) is 18.0 Å². The van der Waals surface area contributed by atoms with E-state index in [0.717, 1.165) is 11.4 Å². The van der Waals surface area contributed by atoms with Crippen molar-refractivity contribution in [3.8, 4) is 11.4 Å². The summed E-state index contributed by atoms with van der Waals surface area (Å²) in [4.78, 5) is 11.9. The molecular formula is C21H21ClN2O4. The highest BCUT2D eigenvalue weighted by molar-refractivity contribution is 6.30. The first-order valence-electron chi connectivity index (χ1n) is 8.86. The second-order valence-electron chi connectivity index (χ2n) is 5.98. The number of halogens is 1. The average Bonchev–Trinajstić information content (AvgIpc) is 3.01. The summed E-state index contributed by atoms with van der Waals surface area (Å²) in [5, 5.41) is 4.84. The third-order valence-electron chi connectivity index (χ3n) is 3.96. The number of nitrogens with zero attached hydrogens (tertiary/aromatic N) is 2. The number of aryl methyl sites for hydroxylation is 1. The van der Waals surface area contributed by atoms with Gasteiger partial charge in [-0.15, -0.1) is 0 Å². The molecule has 0 aliphatic carbocycles. The zero-order valence-corrected chi connectivity index (χ0v) is 16.3. The molecule has 2 aromatic carbocycles. The van der Waals surface area contributed by atoms with E-state index in [2.05, 4.69) is 5.10 Å². The Bertz CT molecular complexity index is 898. The van der Waals surface area contributed by atoms with Gasteiger partial charge >= 0.3 is 5.97 Å². The number of carbonyl (C=O) groups excluding carboxylic acids is 1. The van der Waals surface area contributed by atoms with Crippen molar-refractivity contribution in [3.63, 3.8) is 0 Å². The Kier molecular flexibility index (Phi) is 7.06. The van der Waals surface area contributed by atoms with Crippen molar-refractivity contribution in [2.45, 2.75) is 13.5 Å². The summed E-state index contributed by atoms with van der Waals surface area (Å²) in [5.74, 6) is 0.289. The van der Waals surface area contributed by atoms with E-state index in [0.29, 0.717) is 23.0 Å². The van der Waals surface area contributed by atoms with E-state index in [-0.39, 0.29) is 19.8 Å². The molecule has 146 valence electrons. The molecule has 0 aliphatic rings. The van der Waals surface area contributed by atoms with Crippen LogP contribution in [0.2, 0.25) is 5.15 Å². The molecule has 0 radical (unpaired) electrons. The molecule has 0 amide bonds. The van der Waals surface area contributed by atoms with Gasteiger partial charge in [-0.1, -0.05) is 48.0 Å². The van der Waals surface area contributed by atoms with Gasteiger partial charge in [0.1, 0.15) is 30.7 Å². The van der Waals surface area contributed by atoms with Gasteiger partial charge in [-0.25, -0.2) is 9.48 Å². The maximum atomic E-state index is 11.9. The molecule has 0 bridgehead atoms. The van der Waals surface area contributed by atoms with Crippen molar-refractivity contribution in [3.05, 3.63) is 77.1 Å². The smallest absolute Gasteiger partial charge is 0.332 e. The first-order chi connectivity index (χ1) is 13.6. The number of benzene rings is 2. The molecule has 6 nitrogen and oxygen atoms in total. The van der Waals surface area contributed by atoms with Gasteiger partial charge in [0, 0.05) is 5.56 Å². The van der Waals surface area contributed by atoms with Crippen LogP contribution < -0.4 is 4.74 Å². The second-order valence-corrected chi connectivity index (χ2v) is 6.33. The molecule has 0 saturated heterocycles. The number of hydrogen-bond donors (Lipinski definition) is 0. The van der Waals surface area contributed by atoms with Crippen molar-refractivity contribution < 1.29 is 19.0 Å². The summed E-state index contributed by atoms with van der Waals surface area (Å²) in [5.41, 5.74) is 2.22. The topological polar surface area (TPSA) is 62.6 Å². The van der Waals surface area contributed by atoms with Crippen LogP contribution in [0.4, 0.5) is 0 Å². The standard InChI is InChI=1S/C21H21ClN2O4/c1-16-19(21(22)24(23-16)17-8-4-2-5-9-17)14-28-20(25)15-26-12-13-27-18-10-6-3-7-11-18/h2-11H,12-15H2,1H3. The van der Waals surface area contributed by atoms with Crippen molar-refractivity contribution in [2.75, 3.05) is 19.8 Å². The van der Waals surface area contributed by atoms with Gasteiger partial charge in [0.15, 0.2) is 0 Å². The normalized spacial score (nSPS) is 10.6. The van der Waals surface area contributed by atoms with Crippen LogP contribution in [0.1, 0.15) is 11.3 Å². The molecule has 3 aromatic rings. The van der Waals surface area contributed by atoms with Gasteiger partial charge in [0.2, 0.25) is 0 Å². The molecule has 7 heteroatoms. The minimum atomic E-state index is -0.470. The average molecular weight is 401 g/mol. The first kappa shape index (κ1) is 19.9.